The fraction of sp³-hybridized carbons (Fsp3) is 0.472. The van der Waals surface area contributed by atoms with E-state index in [1.54, 1.807) is 22.7 Å². The van der Waals surface area contributed by atoms with Gasteiger partial charge in [0.15, 0.2) is 11.6 Å². The minimum atomic E-state index is -0.606. The summed E-state index contributed by atoms with van der Waals surface area (Å²) in [5, 5.41) is 20.8. The summed E-state index contributed by atoms with van der Waals surface area (Å²) in [6.45, 7) is 17.1. The lowest BCUT2D eigenvalue weighted by atomic mass is 9.99. The lowest BCUT2D eigenvalue weighted by Crippen LogP contribution is -2.17. The van der Waals surface area contributed by atoms with Crippen molar-refractivity contribution in [1.29, 1.82) is 0 Å². The fourth-order valence-electron chi connectivity index (χ4n) is 8.47. The highest BCUT2D eigenvalue weighted by atomic mass is 35.5. The molecule has 2 aliphatic rings. The second-order valence-corrected chi connectivity index (χ2v) is 21.0. The zero-order valence-electron chi connectivity index (χ0n) is 43.0. The first-order chi connectivity index (χ1) is 36.4. The Balaban J connectivity index is 0.618. The van der Waals surface area contributed by atoms with Crippen LogP contribution in [0, 0.1) is 41.5 Å². The van der Waals surface area contributed by atoms with Crippen molar-refractivity contribution in [3.05, 3.63) is 125 Å². The highest BCUT2D eigenvalue weighted by molar-refractivity contribution is 7.15. The first-order valence-corrected chi connectivity index (χ1v) is 27.3. The van der Waals surface area contributed by atoms with Crippen molar-refractivity contribution in [1.82, 2.24) is 29.5 Å². The van der Waals surface area contributed by atoms with E-state index in [-0.39, 0.29) is 39.3 Å². The quantitative estimate of drug-likeness (QED) is 0.0334. The van der Waals surface area contributed by atoms with Crippen molar-refractivity contribution in [2.24, 2.45) is 9.98 Å². The molecule has 2 atom stereocenters. The number of carbonyl (C=O) groups excluding carboxylic acids is 2. The summed E-state index contributed by atoms with van der Waals surface area (Å²) in [6, 6.07) is 13.9. The van der Waals surface area contributed by atoms with Crippen LogP contribution in [-0.4, -0.2) is 145 Å². The smallest absolute Gasteiger partial charge is 0.308 e. The van der Waals surface area contributed by atoms with Crippen molar-refractivity contribution in [3.8, 4) is 10.0 Å². The molecule has 0 unspecified atom stereocenters. The number of esters is 2. The van der Waals surface area contributed by atoms with Crippen molar-refractivity contribution in [3.63, 3.8) is 0 Å². The maximum Gasteiger partial charge on any atom is 0.308 e. The molecule has 0 amide bonds. The number of halogens is 2. The van der Waals surface area contributed by atoms with Crippen LogP contribution in [0.5, 0.6) is 0 Å². The van der Waals surface area contributed by atoms with E-state index in [0.29, 0.717) is 87.8 Å². The lowest BCUT2D eigenvalue weighted by Gasteiger charge is -2.13. The van der Waals surface area contributed by atoms with Crippen molar-refractivity contribution >= 4 is 69.2 Å². The number of nitrogens with zero attached hydrogens (tertiary/aromatic N) is 8. The van der Waals surface area contributed by atoms with E-state index < -0.39 is 24.0 Å². The molecule has 0 saturated carbocycles. The van der Waals surface area contributed by atoms with Crippen LogP contribution in [0.2, 0.25) is 10.0 Å². The first kappa shape index (κ1) is 56.0. The van der Waals surface area contributed by atoms with Gasteiger partial charge in [-0.25, -0.2) is 0 Å². The van der Waals surface area contributed by atoms with Gasteiger partial charge in [-0.15, -0.1) is 43.1 Å². The number of carbonyl (C=O) groups is 2. The third-order valence-corrected chi connectivity index (χ3v) is 15.4. The SMILES string of the molecule is Cc1sc2c(c1C)C(c1ccc(Cl)cc1)=N[C@@H](CC(=O)OCCOCCOCCOCCCOCCOCCOCCOC(=O)C[C@@H]1N=C(c3ccc(Cl)cc3)c3c(sc(C)c3C)-n3c(C)nnc31)c1nnc(C)n1-2. The average molecular weight is 1110 g/mol. The molecule has 2 aliphatic heterocycles. The largest absolute Gasteiger partial charge is 0.463 e. The second-order valence-electron chi connectivity index (χ2n) is 17.7. The average Bonchev–Trinajstić information content (AvgIpc) is 4.09. The van der Waals surface area contributed by atoms with E-state index >= 15 is 0 Å². The Bertz CT molecular complexity index is 2760. The van der Waals surface area contributed by atoms with Crippen LogP contribution in [0.15, 0.2) is 58.5 Å². The van der Waals surface area contributed by atoms with E-state index in [1.807, 2.05) is 71.5 Å². The fourth-order valence-corrected chi connectivity index (χ4v) is 11.2. The maximum absolute atomic E-state index is 13.1. The van der Waals surface area contributed by atoms with Gasteiger partial charge < -0.3 is 37.9 Å². The molecule has 400 valence electrons. The molecule has 75 heavy (non-hydrogen) atoms. The van der Waals surface area contributed by atoms with Crippen LogP contribution in [0.25, 0.3) is 10.0 Å². The molecule has 22 heteroatoms. The molecule has 6 heterocycles. The predicted octanol–water partition coefficient (Wildman–Crippen LogP) is 8.97. The van der Waals surface area contributed by atoms with Gasteiger partial charge >= 0.3 is 11.9 Å². The third kappa shape index (κ3) is 14.2. The number of ether oxygens (including phenoxy) is 8. The molecule has 0 radical (unpaired) electrons. The van der Waals surface area contributed by atoms with E-state index in [9.17, 15) is 9.59 Å². The standard InChI is InChI=1S/C53H62Cl2N8O10S2/c1-32-34(3)74-52-46(32)48(38-8-12-40(54)13-9-38)56-42(50-60-58-36(5)62(50)52)30-44(64)72-28-26-70-24-22-68-20-18-66-16-7-17-67-19-21-69-23-25-71-27-29-73-45(65)31-43-51-61-59-37(6)63(51)53-47(33(2)35(4)75-53)49(57-43)39-10-14-41(55)15-11-39/h8-15,42-43H,7,16-31H2,1-6H3/t42-,43-/m0/s1. The Hall–Kier alpha value is -5.26. The summed E-state index contributed by atoms with van der Waals surface area (Å²) in [5.74, 6) is 1.80. The van der Waals surface area contributed by atoms with Crippen molar-refractivity contribution in [2.45, 2.75) is 72.9 Å². The minimum absolute atomic E-state index is 0.00806. The van der Waals surface area contributed by atoms with E-state index in [0.717, 1.165) is 72.9 Å². The van der Waals surface area contributed by atoms with Gasteiger partial charge in [0.1, 0.15) is 46.9 Å². The van der Waals surface area contributed by atoms with Gasteiger partial charge in [-0.1, -0.05) is 47.5 Å². The Kier molecular flexibility index (Phi) is 20.3. The van der Waals surface area contributed by atoms with Gasteiger partial charge in [0, 0.05) is 55.3 Å². The molecule has 2 aromatic carbocycles. The number of fused-ring (bicyclic) bond motifs is 6. The number of hydrogen-bond acceptors (Lipinski definition) is 18. The van der Waals surface area contributed by atoms with Crippen molar-refractivity contribution < 1.29 is 47.5 Å². The summed E-state index contributed by atoms with van der Waals surface area (Å²) in [4.78, 5) is 38.8. The van der Waals surface area contributed by atoms with Gasteiger partial charge in [-0.2, -0.15) is 0 Å². The van der Waals surface area contributed by atoms with Crippen LogP contribution >= 0.6 is 45.9 Å². The van der Waals surface area contributed by atoms with E-state index in [1.165, 1.54) is 9.75 Å². The van der Waals surface area contributed by atoms with Gasteiger partial charge in [0.2, 0.25) is 0 Å². The molecule has 0 bridgehead atoms. The molecule has 0 spiro atoms. The second kappa shape index (κ2) is 27.2. The van der Waals surface area contributed by atoms with Gasteiger partial charge in [0.25, 0.3) is 0 Å². The molecule has 0 N–H and O–H groups in total. The van der Waals surface area contributed by atoms with Crippen LogP contribution in [0.4, 0.5) is 0 Å². The minimum Gasteiger partial charge on any atom is -0.463 e. The highest BCUT2D eigenvalue weighted by Gasteiger charge is 2.34. The normalized spacial score (nSPS) is 14.8. The van der Waals surface area contributed by atoms with Crippen LogP contribution < -0.4 is 0 Å². The number of aromatic nitrogens is 6. The first-order valence-electron chi connectivity index (χ1n) is 24.9. The Morgan fingerprint density at radius 3 is 1.17 bits per heavy atom. The Morgan fingerprint density at radius 2 is 0.813 bits per heavy atom. The number of aryl methyl sites for hydroxylation is 4. The van der Waals surface area contributed by atoms with Gasteiger partial charge in [-0.05, 0) is 83.4 Å². The lowest BCUT2D eigenvalue weighted by molar-refractivity contribution is -0.146. The van der Waals surface area contributed by atoms with E-state index in [2.05, 4.69) is 48.1 Å². The van der Waals surface area contributed by atoms with Crippen LogP contribution in [0.3, 0.4) is 0 Å². The number of hydrogen-bond donors (Lipinski definition) is 0. The summed E-state index contributed by atoms with van der Waals surface area (Å²) in [5.41, 5.74) is 7.58. The number of thiophene rings is 2. The Labute approximate surface area is 454 Å². The topological polar surface area (TPSA) is 194 Å². The van der Waals surface area contributed by atoms with Crippen molar-refractivity contribution in [2.75, 3.05) is 92.5 Å². The van der Waals surface area contributed by atoms with Gasteiger partial charge in [-0.3, -0.25) is 28.7 Å². The molecule has 0 aliphatic carbocycles. The number of benzene rings is 2. The molecule has 6 aromatic rings. The summed E-state index contributed by atoms with van der Waals surface area (Å²) in [6.07, 6.45) is 0.720. The summed E-state index contributed by atoms with van der Waals surface area (Å²) in [7, 11) is 0. The highest BCUT2D eigenvalue weighted by Crippen LogP contribution is 2.41. The number of aliphatic imine (C=N–C) groups is 2. The zero-order chi connectivity index (χ0) is 52.8. The molecule has 0 saturated heterocycles. The zero-order valence-corrected chi connectivity index (χ0v) is 46.2. The maximum atomic E-state index is 13.1. The third-order valence-electron chi connectivity index (χ3n) is 12.5. The molecule has 4 aromatic heterocycles. The molecular weight excluding hydrogens is 1040 g/mol. The molecule has 0 fully saturated rings. The summed E-state index contributed by atoms with van der Waals surface area (Å²) < 4.78 is 48.9. The van der Waals surface area contributed by atoms with Gasteiger partial charge in [0.05, 0.1) is 90.3 Å². The molecular formula is C53H62Cl2N8O10S2. The predicted molar refractivity (Wildman–Crippen MR) is 287 cm³/mol. The summed E-state index contributed by atoms with van der Waals surface area (Å²) >= 11 is 15.8. The molecule has 18 nitrogen and oxygen atoms in total. The Morgan fingerprint density at radius 1 is 0.480 bits per heavy atom. The monoisotopic (exact) mass is 1100 g/mol. The number of rotatable bonds is 28. The molecule has 8 rings (SSSR count). The van der Waals surface area contributed by atoms with E-state index in [4.69, 9.17) is 71.1 Å². The van der Waals surface area contributed by atoms with Crippen LogP contribution in [-0.2, 0) is 47.5 Å². The van der Waals surface area contributed by atoms with Crippen LogP contribution in [0.1, 0.15) is 97.8 Å².